The molecule has 0 unspecified atom stereocenters. The maximum absolute atomic E-state index is 12.1. The molecule has 1 aromatic heterocycles. The Kier molecular flexibility index (Phi) is 5.58. The average molecular weight is 304 g/mol. The highest BCUT2D eigenvalue weighted by Gasteiger charge is 2.07. The highest BCUT2D eigenvalue weighted by atomic mass is 35.5. The average Bonchev–Trinajstić information content (AvgIpc) is 2.52. The van der Waals surface area contributed by atoms with E-state index in [1.54, 1.807) is 24.4 Å². The molecule has 110 valence electrons. The van der Waals surface area contributed by atoms with E-state index in [9.17, 15) is 4.79 Å². The molecule has 0 aliphatic carbocycles. The van der Waals surface area contributed by atoms with Crippen molar-refractivity contribution in [1.29, 1.82) is 0 Å². The third-order valence-electron chi connectivity index (χ3n) is 2.94. The normalized spacial score (nSPS) is 10.2. The van der Waals surface area contributed by atoms with Gasteiger partial charge in [0.15, 0.2) is 0 Å². The van der Waals surface area contributed by atoms with E-state index in [0.717, 1.165) is 24.2 Å². The number of pyridine rings is 1. The van der Waals surface area contributed by atoms with Gasteiger partial charge in [-0.1, -0.05) is 30.7 Å². The molecule has 0 saturated carbocycles. The Morgan fingerprint density at radius 2 is 2.00 bits per heavy atom. The molecule has 0 aliphatic rings. The van der Waals surface area contributed by atoms with Gasteiger partial charge in [0.1, 0.15) is 5.69 Å². The zero-order chi connectivity index (χ0) is 15.1. The number of hydrogen-bond acceptors (Lipinski definition) is 3. The lowest BCUT2D eigenvalue weighted by Gasteiger charge is -2.08. The summed E-state index contributed by atoms with van der Waals surface area (Å²) in [6.45, 7) is 3.41. The van der Waals surface area contributed by atoms with Crippen molar-refractivity contribution in [3.63, 3.8) is 0 Å². The maximum Gasteiger partial charge on any atom is 0.270 e. The molecule has 0 bridgehead atoms. The molecule has 2 N–H and O–H groups in total. The van der Waals surface area contributed by atoms with Gasteiger partial charge in [0.05, 0.1) is 0 Å². The van der Waals surface area contributed by atoms with E-state index in [2.05, 4.69) is 22.5 Å². The summed E-state index contributed by atoms with van der Waals surface area (Å²) in [4.78, 5) is 16.2. The largest absolute Gasteiger partial charge is 0.385 e. The predicted molar refractivity (Wildman–Crippen MR) is 85.6 cm³/mol. The minimum Gasteiger partial charge on any atom is -0.385 e. The quantitative estimate of drug-likeness (QED) is 0.859. The molecule has 21 heavy (non-hydrogen) atoms. The Bertz CT molecular complexity index is 599. The smallest absolute Gasteiger partial charge is 0.270 e. The standard InChI is InChI=1S/C16H18ClN3O/c1-2-8-18-14-7-9-19-15(10-14)16(21)20-11-12-3-5-13(17)6-4-12/h3-7,9-10H,2,8,11H2,1H3,(H,18,19)(H,20,21). The second-order valence-electron chi connectivity index (χ2n) is 4.67. The highest BCUT2D eigenvalue weighted by molar-refractivity contribution is 6.30. The first-order valence-electron chi connectivity index (χ1n) is 6.91. The molecule has 1 amide bonds. The Hall–Kier alpha value is -2.07. The highest BCUT2D eigenvalue weighted by Crippen LogP contribution is 2.10. The first kappa shape index (κ1) is 15.3. The molecule has 5 heteroatoms. The van der Waals surface area contributed by atoms with Gasteiger partial charge in [-0.2, -0.15) is 0 Å². The third kappa shape index (κ3) is 4.76. The van der Waals surface area contributed by atoms with Gasteiger partial charge in [0.2, 0.25) is 0 Å². The van der Waals surface area contributed by atoms with E-state index in [4.69, 9.17) is 11.6 Å². The summed E-state index contributed by atoms with van der Waals surface area (Å²) in [5, 5.41) is 6.76. The summed E-state index contributed by atoms with van der Waals surface area (Å²) in [6, 6.07) is 11.0. The van der Waals surface area contributed by atoms with Crippen molar-refractivity contribution in [2.75, 3.05) is 11.9 Å². The molecule has 0 atom stereocenters. The number of carbonyl (C=O) groups is 1. The minimum absolute atomic E-state index is 0.190. The van der Waals surface area contributed by atoms with Gasteiger partial charge >= 0.3 is 0 Å². The molecule has 0 spiro atoms. The molecular formula is C16H18ClN3O. The molecule has 0 aliphatic heterocycles. The SMILES string of the molecule is CCCNc1ccnc(C(=O)NCc2ccc(Cl)cc2)c1. The Labute approximate surface area is 129 Å². The number of nitrogens with zero attached hydrogens (tertiary/aromatic N) is 1. The topological polar surface area (TPSA) is 54.0 Å². The van der Waals surface area contributed by atoms with Crippen molar-refractivity contribution in [2.45, 2.75) is 19.9 Å². The summed E-state index contributed by atoms with van der Waals surface area (Å²) >= 11 is 5.83. The molecule has 1 aromatic carbocycles. The van der Waals surface area contributed by atoms with E-state index >= 15 is 0 Å². The predicted octanol–water partition coefficient (Wildman–Crippen LogP) is 3.49. The van der Waals surface area contributed by atoms with E-state index in [1.807, 2.05) is 18.2 Å². The van der Waals surface area contributed by atoms with Crippen LogP contribution in [0.5, 0.6) is 0 Å². The van der Waals surface area contributed by atoms with E-state index < -0.39 is 0 Å². The van der Waals surface area contributed by atoms with E-state index in [0.29, 0.717) is 17.3 Å². The van der Waals surface area contributed by atoms with Crippen LogP contribution < -0.4 is 10.6 Å². The summed E-state index contributed by atoms with van der Waals surface area (Å²) in [5.41, 5.74) is 2.31. The molecule has 0 saturated heterocycles. The number of rotatable bonds is 6. The zero-order valence-corrected chi connectivity index (χ0v) is 12.7. The second kappa shape index (κ2) is 7.64. The molecule has 1 heterocycles. The van der Waals surface area contributed by atoms with Crippen LogP contribution in [0.25, 0.3) is 0 Å². The fourth-order valence-corrected chi connectivity index (χ4v) is 1.94. The third-order valence-corrected chi connectivity index (χ3v) is 3.19. The van der Waals surface area contributed by atoms with Crippen LogP contribution in [0.15, 0.2) is 42.6 Å². The lowest BCUT2D eigenvalue weighted by atomic mass is 10.2. The van der Waals surface area contributed by atoms with Crippen LogP contribution in [0.3, 0.4) is 0 Å². The number of amides is 1. The summed E-state index contributed by atoms with van der Waals surface area (Å²) in [7, 11) is 0. The maximum atomic E-state index is 12.1. The fraction of sp³-hybridized carbons (Fsp3) is 0.250. The first-order valence-corrected chi connectivity index (χ1v) is 7.29. The number of hydrogen-bond donors (Lipinski definition) is 2. The number of nitrogens with one attached hydrogen (secondary N) is 2. The van der Waals surface area contributed by atoms with Crippen LogP contribution in [0.2, 0.25) is 5.02 Å². The van der Waals surface area contributed by atoms with Crippen LogP contribution in [0.1, 0.15) is 29.4 Å². The van der Waals surface area contributed by atoms with Gasteiger partial charge in [0.25, 0.3) is 5.91 Å². The number of benzene rings is 1. The van der Waals surface area contributed by atoms with Crippen LogP contribution >= 0.6 is 11.6 Å². The van der Waals surface area contributed by atoms with Gasteiger partial charge in [-0.25, -0.2) is 0 Å². The minimum atomic E-state index is -0.190. The molecule has 0 radical (unpaired) electrons. The van der Waals surface area contributed by atoms with Crippen LogP contribution in [-0.4, -0.2) is 17.4 Å². The second-order valence-corrected chi connectivity index (χ2v) is 5.10. The van der Waals surface area contributed by atoms with Gasteiger partial charge in [-0.05, 0) is 36.2 Å². The van der Waals surface area contributed by atoms with Gasteiger partial charge in [-0.3, -0.25) is 9.78 Å². The van der Waals surface area contributed by atoms with Crippen molar-refractivity contribution < 1.29 is 4.79 Å². The number of carbonyl (C=O) groups excluding carboxylic acids is 1. The Morgan fingerprint density at radius 1 is 1.24 bits per heavy atom. The number of anilines is 1. The van der Waals surface area contributed by atoms with Gasteiger partial charge in [0, 0.05) is 30.0 Å². The molecular weight excluding hydrogens is 286 g/mol. The van der Waals surface area contributed by atoms with Crippen LogP contribution in [0, 0.1) is 0 Å². The molecule has 2 rings (SSSR count). The molecule has 2 aromatic rings. The van der Waals surface area contributed by atoms with Crippen molar-refractivity contribution in [1.82, 2.24) is 10.3 Å². The number of halogens is 1. The molecule has 0 fully saturated rings. The summed E-state index contributed by atoms with van der Waals surface area (Å²) in [5.74, 6) is -0.190. The van der Waals surface area contributed by atoms with Crippen LogP contribution in [0.4, 0.5) is 5.69 Å². The first-order chi connectivity index (χ1) is 10.2. The lowest BCUT2D eigenvalue weighted by molar-refractivity contribution is 0.0946. The van der Waals surface area contributed by atoms with Crippen LogP contribution in [-0.2, 0) is 6.54 Å². The Balaban J connectivity index is 1.95. The van der Waals surface area contributed by atoms with E-state index in [-0.39, 0.29) is 5.91 Å². The lowest BCUT2D eigenvalue weighted by Crippen LogP contribution is -2.23. The monoisotopic (exact) mass is 303 g/mol. The van der Waals surface area contributed by atoms with E-state index in [1.165, 1.54) is 0 Å². The summed E-state index contributed by atoms with van der Waals surface area (Å²) < 4.78 is 0. The Morgan fingerprint density at radius 3 is 2.71 bits per heavy atom. The van der Waals surface area contributed by atoms with Crippen molar-refractivity contribution in [3.8, 4) is 0 Å². The zero-order valence-electron chi connectivity index (χ0n) is 11.9. The molecule has 4 nitrogen and oxygen atoms in total. The van der Waals surface area contributed by atoms with Gasteiger partial charge in [-0.15, -0.1) is 0 Å². The summed E-state index contributed by atoms with van der Waals surface area (Å²) in [6.07, 6.45) is 2.66. The van der Waals surface area contributed by atoms with Crippen molar-refractivity contribution in [2.24, 2.45) is 0 Å². The van der Waals surface area contributed by atoms with Crippen molar-refractivity contribution >= 4 is 23.2 Å². The number of aromatic nitrogens is 1. The fourth-order valence-electron chi connectivity index (χ4n) is 1.81. The van der Waals surface area contributed by atoms with Gasteiger partial charge < -0.3 is 10.6 Å². The van der Waals surface area contributed by atoms with Crippen molar-refractivity contribution in [3.05, 3.63) is 58.9 Å².